The van der Waals surface area contributed by atoms with Crippen molar-refractivity contribution in [2.45, 2.75) is 38.2 Å². The highest BCUT2D eigenvalue weighted by atomic mass is 35.5. The monoisotopic (exact) mass is 393 g/mol. The van der Waals surface area contributed by atoms with Crippen molar-refractivity contribution >= 4 is 34.2 Å². The molecule has 0 bridgehead atoms. The number of nitrogens with one attached hydrogen (secondary N) is 1. The highest BCUT2D eigenvalue weighted by Gasteiger charge is 2.16. The number of halogens is 2. The number of rotatable bonds is 2. The largest absolute Gasteiger partial charge is 0.493 e. The summed E-state index contributed by atoms with van der Waals surface area (Å²) in [5.74, 6) is 1.19. The molecule has 0 spiro atoms. The van der Waals surface area contributed by atoms with Gasteiger partial charge in [-0.05, 0) is 31.0 Å². The number of aromatic nitrogens is 3. The van der Waals surface area contributed by atoms with E-state index in [-0.39, 0.29) is 6.10 Å². The molecular weight excluding hydrogens is 373 g/mol. The lowest BCUT2D eigenvalue weighted by molar-refractivity contribution is 0.130. The van der Waals surface area contributed by atoms with Gasteiger partial charge in [-0.15, -0.1) is 0 Å². The zero-order chi connectivity index (χ0) is 18.5. The third-order valence-electron chi connectivity index (χ3n) is 4.36. The minimum atomic E-state index is 0.0359. The number of benzene rings is 1. The number of hydrogen-bond acceptors (Lipinski definition) is 4. The van der Waals surface area contributed by atoms with Gasteiger partial charge in [0.1, 0.15) is 16.4 Å². The first kappa shape index (κ1) is 19.0. The second-order valence-corrected chi connectivity index (χ2v) is 7.00. The molecule has 0 saturated heterocycles. The molecule has 1 saturated carbocycles. The summed E-state index contributed by atoms with van der Waals surface area (Å²) in [4.78, 5) is 11.7. The Morgan fingerprint density at radius 3 is 2.42 bits per heavy atom. The predicted molar refractivity (Wildman–Crippen MR) is 105 cm³/mol. The van der Waals surface area contributed by atoms with Crippen LogP contribution in [0.2, 0.25) is 10.0 Å². The van der Waals surface area contributed by atoms with Crippen LogP contribution >= 0.6 is 23.2 Å². The molecule has 0 unspecified atom stereocenters. The van der Waals surface area contributed by atoms with Crippen molar-refractivity contribution in [1.82, 2.24) is 15.0 Å². The van der Waals surface area contributed by atoms with Crippen molar-refractivity contribution < 1.29 is 9.84 Å². The second kappa shape index (κ2) is 8.71. The van der Waals surface area contributed by atoms with E-state index in [0.717, 1.165) is 23.9 Å². The molecule has 2 heterocycles. The summed E-state index contributed by atoms with van der Waals surface area (Å²) in [6.07, 6.45) is 9.34. The Hall–Kier alpha value is -1.82. The SMILES string of the molecule is COc1c(Cl)c(Cl)cc2[nH]c(-c3ccncc3)nc12.OC1CCCCC1. The molecule has 4 rings (SSSR count). The van der Waals surface area contributed by atoms with Gasteiger partial charge in [-0.1, -0.05) is 42.5 Å². The quantitative estimate of drug-likeness (QED) is 0.623. The van der Waals surface area contributed by atoms with Crippen molar-refractivity contribution in [1.29, 1.82) is 0 Å². The number of H-pyrrole nitrogens is 1. The van der Waals surface area contributed by atoms with Crippen LogP contribution in [0.4, 0.5) is 0 Å². The Kier molecular flexibility index (Phi) is 6.35. The number of nitrogens with zero attached hydrogens (tertiary/aromatic N) is 2. The highest BCUT2D eigenvalue weighted by Crippen LogP contribution is 2.38. The molecule has 3 aromatic rings. The van der Waals surface area contributed by atoms with Gasteiger partial charge >= 0.3 is 0 Å². The number of ether oxygens (including phenoxy) is 1. The van der Waals surface area contributed by atoms with Gasteiger partial charge in [0.15, 0.2) is 5.75 Å². The molecule has 2 N–H and O–H groups in total. The number of aliphatic hydroxyl groups excluding tert-OH is 1. The highest BCUT2D eigenvalue weighted by molar-refractivity contribution is 6.44. The Bertz CT molecular complexity index is 862. The first-order chi connectivity index (χ1) is 12.6. The Morgan fingerprint density at radius 2 is 1.85 bits per heavy atom. The minimum Gasteiger partial charge on any atom is -0.493 e. The molecule has 26 heavy (non-hydrogen) atoms. The smallest absolute Gasteiger partial charge is 0.166 e. The van der Waals surface area contributed by atoms with E-state index in [0.29, 0.717) is 27.1 Å². The van der Waals surface area contributed by atoms with Crippen LogP contribution in [0.1, 0.15) is 32.1 Å². The van der Waals surface area contributed by atoms with Gasteiger partial charge in [-0.25, -0.2) is 4.98 Å². The van der Waals surface area contributed by atoms with Crippen LogP contribution in [0.3, 0.4) is 0 Å². The summed E-state index contributed by atoms with van der Waals surface area (Å²) < 4.78 is 5.28. The number of aliphatic hydroxyl groups is 1. The number of imidazole rings is 1. The lowest BCUT2D eigenvalue weighted by atomic mass is 9.98. The van der Waals surface area contributed by atoms with E-state index in [1.165, 1.54) is 26.4 Å². The molecule has 0 radical (unpaired) electrons. The lowest BCUT2D eigenvalue weighted by Crippen LogP contribution is -2.09. The van der Waals surface area contributed by atoms with Crippen LogP contribution in [-0.2, 0) is 0 Å². The average Bonchev–Trinajstić information content (AvgIpc) is 3.08. The summed E-state index contributed by atoms with van der Waals surface area (Å²) in [7, 11) is 1.54. The van der Waals surface area contributed by atoms with Crippen LogP contribution in [-0.4, -0.2) is 33.3 Å². The Labute approximate surface area is 162 Å². The molecule has 5 nitrogen and oxygen atoms in total. The number of aromatic amines is 1. The third-order valence-corrected chi connectivity index (χ3v) is 5.13. The van der Waals surface area contributed by atoms with Crippen LogP contribution in [0.5, 0.6) is 5.75 Å². The van der Waals surface area contributed by atoms with Crippen LogP contribution in [0.25, 0.3) is 22.4 Å². The molecule has 1 aliphatic rings. The van der Waals surface area contributed by atoms with E-state index in [4.69, 9.17) is 33.0 Å². The van der Waals surface area contributed by atoms with Crippen molar-refractivity contribution in [3.8, 4) is 17.1 Å². The fourth-order valence-corrected chi connectivity index (χ4v) is 3.40. The van der Waals surface area contributed by atoms with Gasteiger partial charge in [0.2, 0.25) is 0 Å². The molecule has 138 valence electrons. The van der Waals surface area contributed by atoms with Gasteiger partial charge in [0.25, 0.3) is 0 Å². The van der Waals surface area contributed by atoms with Crippen molar-refractivity contribution in [3.63, 3.8) is 0 Å². The van der Waals surface area contributed by atoms with Gasteiger partial charge < -0.3 is 14.8 Å². The fourth-order valence-electron chi connectivity index (χ4n) is 2.98. The molecule has 0 atom stereocenters. The lowest BCUT2D eigenvalue weighted by Gasteiger charge is -2.14. The molecule has 1 aliphatic carbocycles. The zero-order valence-electron chi connectivity index (χ0n) is 14.5. The van der Waals surface area contributed by atoms with Gasteiger partial charge in [-0.3, -0.25) is 4.98 Å². The molecular formula is C19H21Cl2N3O2. The number of fused-ring (bicyclic) bond motifs is 1. The molecule has 0 aliphatic heterocycles. The van der Waals surface area contributed by atoms with E-state index in [2.05, 4.69) is 15.0 Å². The summed E-state index contributed by atoms with van der Waals surface area (Å²) in [5, 5.41) is 9.70. The molecule has 2 aromatic heterocycles. The van der Waals surface area contributed by atoms with E-state index in [1.807, 2.05) is 12.1 Å². The van der Waals surface area contributed by atoms with E-state index < -0.39 is 0 Å². The third kappa shape index (κ3) is 4.29. The zero-order valence-corrected chi connectivity index (χ0v) is 16.0. The maximum absolute atomic E-state index is 8.91. The molecule has 1 aromatic carbocycles. The summed E-state index contributed by atoms with van der Waals surface area (Å²) >= 11 is 12.2. The number of hydrogen-bond donors (Lipinski definition) is 2. The van der Waals surface area contributed by atoms with Crippen molar-refractivity contribution in [2.75, 3.05) is 7.11 Å². The maximum Gasteiger partial charge on any atom is 0.166 e. The van der Waals surface area contributed by atoms with Gasteiger partial charge in [0, 0.05) is 18.0 Å². The number of methoxy groups -OCH3 is 1. The first-order valence-corrected chi connectivity index (χ1v) is 9.36. The topological polar surface area (TPSA) is 71.0 Å². The minimum absolute atomic E-state index is 0.0359. The second-order valence-electron chi connectivity index (χ2n) is 6.21. The summed E-state index contributed by atoms with van der Waals surface area (Å²) in [6, 6.07) is 5.47. The van der Waals surface area contributed by atoms with Crippen LogP contribution in [0.15, 0.2) is 30.6 Å². The average molecular weight is 394 g/mol. The first-order valence-electron chi connectivity index (χ1n) is 8.60. The summed E-state index contributed by atoms with van der Waals surface area (Å²) in [6.45, 7) is 0. The van der Waals surface area contributed by atoms with E-state index >= 15 is 0 Å². The normalized spacial score (nSPS) is 14.8. The standard InChI is InChI=1S/C13H9Cl2N3O.C6H12O/c1-19-12-10(15)8(14)6-9-11(12)18-13(17-9)7-2-4-16-5-3-7;7-6-4-2-1-3-5-6/h2-6H,1H3,(H,17,18);6-7H,1-5H2. The van der Waals surface area contributed by atoms with Crippen molar-refractivity contribution in [2.24, 2.45) is 0 Å². The maximum atomic E-state index is 8.91. The van der Waals surface area contributed by atoms with Crippen LogP contribution in [0, 0.1) is 0 Å². The number of pyridine rings is 1. The Morgan fingerprint density at radius 1 is 1.15 bits per heavy atom. The van der Waals surface area contributed by atoms with E-state index in [9.17, 15) is 0 Å². The molecule has 1 fully saturated rings. The van der Waals surface area contributed by atoms with Crippen LogP contribution < -0.4 is 4.74 Å². The van der Waals surface area contributed by atoms with Gasteiger partial charge in [0.05, 0.1) is 23.8 Å². The molecule has 0 amide bonds. The molecule has 7 heteroatoms. The predicted octanol–water partition coefficient (Wildman–Crippen LogP) is 5.25. The Balaban J connectivity index is 0.000000236. The van der Waals surface area contributed by atoms with Gasteiger partial charge in [-0.2, -0.15) is 0 Å². The van der Waals surface area contributed by atoms with Crippen molar-refractivity contribution in [3.05, 3.63) is 40.6 Å². The fraction of sp³-hybridized carbons (Fsp3) is 0.368. The summed E-state index contributed by atoms with van der Waals surface area (Å²) in [5.41, 5.74) is 2.36. The van der Waals surface area contributed by atoms with E-state index in [1.54, 1.807) is 18.5 Å².